The van der Waals surface area contributed by atoms with Gasteiger partial charge in [-0.15, -0.1) is 0 Å². The normalized spacial score (nSPS) is 24.9. The zero-order valence-corrected chi connectivity index (χ0v) is 13.1. The van der Waals surface area contributed by atoms with Gasteiger partial charge >= 0.3 is 0 Å². The van der Waals surface area contributed by atoms with E-state index in [1.165, 1.54) is 23.0 Å². The lowest BCUT2D eigenvalue weighted by Crippen LogP contribution is -2.32. The molecule has 3 heteroatoms. The summed E-state index contributed by atoms with van der Waals surface area (Å²) in [5, 5.41) is 3.58. The van der Waals surface area contributed by atoms with Crippen molar-refractivity contribution in [2.75, 3.05) is 20.1 Å². The largest absolute Gasteiger partial charge is 0.314 e. The van der Waals surface area contributed by atoms with Crippen LogP contribution in [0.15, 0.2) is 28.7 Å². The SMILES string of the molecule is CC(C)NCC1CCN(C)C1c1cccc(Br)c1. The van der Waals surface area contributed by atoms with Crippen molar-refractivity contribution in [2.45, 2.75) is 32.4 Å². The third kappa shape index (κ3) is 3.34. The Labute approximate surface area is 119 Å². The fraction of sp³-hybridized carbons (Fsp3) is 0.600. The molecule has 1 aromatic rings. The summed E-state index contributed by atoms with van der Waals surface area (Å²) < 4.78 is 1.18. The second kappa shape index (κ2) is 6.18. The van der Waals surface area contributed by atoms with Crippen LogP contribution in [-0.2, 0) is 0 Å². The lowest BCUT2D eigenvalue weighted by atomic mass is 9.93. The molecule has 1 aliphatic rings. The first-order valence-electron chi connectivity index (χ1n) is 6.77. The third-order valence-corrected chi connectivity index (χ3v) is 4.25. The number of hydrogen-bond acceptors (Lipinski definition) is 2. The highest BCUT2D eigenvalue weighted by atomic mass is 79.9. The van der Waals surface area contributed by atoms with Gasteiger partial charge in [0, 0.05) is 23.1 Å². The molecule has 1 N–H and O–H groups in total. The van der Waals surface area contributed by atoms with Crippen LogP contribution < -0.4 is 5.32 Å². The lowest BCUT2D eigenvalue weighted by Gasteiger charge is -2.26. The minimum absolute atomic E-state index is 0.550. The Balaban J connectivity index is 2.12. The van der Waals surface area contributed by atoms with Crippen molar-refractivity contribution in [3.63, 3.8) is 0 Å². The maximum Gasteiger partial charge on any atom is 0.0386 e. The molecule has 0 spiro atoms. The average Bonchev–Trinajstić information content (AvgIpc) is 2.68. The van der Waals surface area contributed by atoms with Gasteiger partial charge in [0.15, 0.2) is 0 Å². The zero-order valence-electron chi connectivity index (χ0n) is 11.5. The summed E-state index contributed by atoms with van der Waals surface area (Å²) >= 11 is 3.58. The van der Waals surface area contributed by atoms with Crippen LogP contribution in [-0.4, -0.2) is 31.1 Å². The Morgan fingerprint density at radius 1 is 1.44 bits per heavy atom. The molecule has 0 radical (unpaired) electrons. The number of likely N-dealkylation sites (tertiary alicyclic amines) is 1. The highest BCUT2D eigenvalue weighted by molar-refractivity contribution is 9.10. The van der Waals surface area contributed by atoms with Crippen molar-refractivity contribution in [2.24, 2.45) is 5.92 Å². The van der Waals surface area contributed by atoms with Crippen LogP contribution in [0.1, 0.15) is 31.9 Å². The first-order chi connectivity index (χ1) is 8.58. The molecule has 0 aliphatic carbocycles. The van der Waals surface area contributed by atoms with E-state index >= 15 is 0 Å². The van der Waals surface area contributed by atoms with Crippen LogP contribution in [0.5, 0.6) is 0 Å². The van der Waals surface area contributed by atoms with Crippen molar-refractivity contribution >= 4 is 15.9 Å². The number of nitrogens with one attached hydrogen (secondary N) is 1. The molecule has 2 atom stereocenters. The molecule has 0 bridgehead atoms. The van der Waals surface area contributed by atoms with Gasteiger partial charge in [-0.05, 0) is 43.6 Å². The predicted molar refractivity (Wildman–Crippen MR) is 80.8 cm³/mol. The van der Waals surface area contributed by atoms with Gasteiger partial charge in [-0.1, -0.05) is 41.9 Å². The number of nitrogens with zero attached hydrogens (tertiary/aromatic N) is 1. The zero-order chi connectivity index (χ0) is 13.1. The third-order valence-electron chi connectivity index (χ3n) is 3.75. The Bertz CT molecular complexity index is 392. The summed E-state index contributed by atoms with van der Waals surface area (Å²) in [7, 11) is 2.24. The van der Waals surface area contributed by atoms with Crippen LogP contribution in [0.2, 0.25) is 0 Å². The molecule has 2 unspecified atom stereocenters. The second-order valence-corrected chi connectivity index (χ2v) is 6.51. The Hall–Kier alpha value is -0.380. The molecule has 2 rings (SSSR count). The van der Waals surface area contributed by atoms with Crippen molar-refractivity contribution in [1.29, 1.82) is 0 Å². The van der Waals surface area contributed by atoms with Gasteiger partial charge in [-0.3, -0.25) is 4.90 Å². The highest BCUT2D eigenvalue weighted by Gasteiger charge is 2.32. The topological polar surface area (TPSA) is 15.3 Å². The van der Waals surface area contributed by atoms with E-state index in [2.05, 4.69) is 71.3 Å². The van der Waals surface area contributed by atoms with Crippen LogP contribution in [0, 0.1) is 5.92 Å². The van der Waals surface area contributed by atoms with Gasteiger partial charge in [0.05, 0.1) is 0 Å². The fourth-order valence-corrected chi connectivity index (χ4v) is 3.26. The maximum atomic E-state index is 3.58. The molecule has 18 heavy (non-hydrogen) atoms. The first kappa shape index (κ1) is 14.0. The molecule has 100 valence electrons. The molecule has 0 aromatic heterocycles. The quantitative estimate of drug-likeness (QED) is 0.916. The summed E-state index contributed by atoms with van der Waals surface area (Å²) in [6, 6.07) is 9.86. The lowest BCUT2D eigenvalue weighted by molar-refractivity contribution is 0.269. The Kier molecular flexibility index (Phi) is 4.82. The minimum Gasteiger partial charge on any atom is -0.314 e. The number of benzene rings is 1. The molecule has 1 heterocycles. The summed E-state index contributed by atoms with van der Waals surface area (Å²) in [4.78, 5) is 2.48. The van der Waals surface area contributed by atoms with Crippen molar-refractivity contribution < 1.29 is 0 Å². The molecule has 2 nitrogen and oxygen atoms in total. The van der Waals surface area contributed by atoms with E-state index < -0.39 is 0 Å². The summed E-state index contributed by atoms with van der Waals surface area (Å²) in [5.74, 6) is 0.715. The van der Waals surface area contributed by atoms with Crippen molar-refractivity contribution in [3.8, 4) is 0 Å². The van der Waals surface area contributed by atoms with Gasteiger partial charge in [-0.2, -0.15) is 0 Å². The van der Waals surface area contributed by atoms with Gasteiger partial charge in [0.1, 0.15) is 0 Å². The van der Waals surface area contributed by atoms with E-state index in [9.17, 15) is 0 Å². The highest BCUT2D eigenvalue weighted by Crippen LogP contribution is 2.36. The number of rotatable bonds is 4. The maximum absolute atomic E-state index is 3.58. The van der Waals surface area contributed by atoms with E-state index in [0.717, 1.165) is 6.54 Å². The van der Waals surface area contributed by atoms with Gasteiger partial charge < -0.3 is 5.32 Å². The van der Waals surface area contributed by atoms with Crippen LogP contribution >= 0.6 is 15.9 Å². The van der Waals surface area contributed by atoms with Gasteiger partial charge in [0.25, 0.3) is 0 Å². The van der Waals surface area contributed by atoms with Gasteiger partial charge in [0.2, 0.25) is 0 Å². The first-order valence-corrected chi connectivity index (χ1v) is 7.56. The average molecular weight is 311 g/mol. The monoisotopic (exact) mass is 310 g/mol. The van der Waals surface area contributed by atoms with Crippen molar-refractivity contribution in [1.82, 2.24) is 10.2 Å². The summed E-state index contributed by atoms with van der Waals surface area (Å²) in [6.45, 7) is 6.74. The summed E-state index contributed by atoms with van der Waals surface area (Å²) in [5.41, 5.74) is 1.43. The Morgan fingerprint density at radius 2 is 2.22 bits per heavy atom. The molecular formula is C15H23BrN2. The van der Waals surface area contributed by atoms with E-state index in [0.29, 0.717) is 18.0 Å². The van der Waals surface area contributed by atoms with E-state index in [1.807, 2.05) is 0 Å². The molecule has 0 amide bonds. The molecule has 1 aromatic carbocycles. The molecular weight excluding hydrogens is 288 g/mol. The second-order valence-electron chi connectivity index (χ2n) is 5.59. The molecule has 1 saturated heterocycles. The minimum atomic E-state index is 0.550. The van der Waals surface area contributed by atoms with Gasteiger partial charge in [-0.25, -0.2) is 0 Å². The summed E-state index contributed by atoms with van der Waals surface area (Å²) in [6.07, 6.45) is 1.29. The number of halogens is 1. The predicted octanol–water partition coefficient (Wildman–Crippen LogP) is 3.44. The van der Waals surface area contributed by atoms with Crippen LogP contribution in [0.4, 0.5) is 0 Å². The Morgan fingerprint density at radius 3 is 2.89 bits per heavy atom. The van der Waals surface area contributed by atoms with Crippen LogP contribution in [0.3, 0.4) is 0 Å². The van der Waals surface area contributed by atoms with E-state index in [-0.39, 0.29) is 0 Å². The number of hydrogen-bond donors (Lipinski definition) is 1. The molecule has 1 aliphatic heterocycles. The fourth-order valence-electron chi connectivity index (χ4n) is 2.84. The van der Waals surface area contributed by atoms with Crippen LogP contribution in [0.25, 0.3) is 0 Å². The molecule has 1 fully saturated rings. The standard InChI is InChI=1S/C15H23BrN2/c1-11(2)17-10-13-7-8-18(3)15(13)12-5-4-6-14(16)9-12/h4-6,9,11,13,15,17H,7-8,10H2,1-3H3. The van der Waals surface area contributed by atoms with E-state index in [1.54, 1.807) is 0 Å². The van der Waals surface area contributed by atoms with Crippen molar-refractivity contribution in [3.05, 3.63) is 34.3 Å². The smallest absolute Gasteiger partial charge is 0.0386 e. The molecule has 0 saturated carbocycles. The van der Waals surface area contributed by atoms with E-state index in [4.69, 9.17) is 0 Å².